The highest BCUT2D eigenvalue weighted by Gasteiger charge is 2.56. The average molecular weight is 523 g/mol. The summed E-state index contributed by atoms with van der Waals surface area (Å²) in [6.07, 6.45) is 6.26. The number of nitrogens with zero attached hydrogens (tertiary/aromatic N) is 5. The van der Waals surface area contributed by atoms with Gasteiger partial charge in [-0.15, -0.1) is 5.10 Å². The number of aryl methyl sites for hydroxylation is 1. The van der Waals surface area contributed by atoms with Gasteiger partial charge in [0.25, 0.3) is 5.91 Å². The third kappa shape index (κ3) is 6.64. The summed E-state index contributed by atoms with van der Waals surface area (Å²) in [6, 6.07) is -2.08. The van der Waals surface area contributed by atoms with Gasteiger partial charge in [-0.3, -0.25) is 20.9 Å². The summed E-state index contributed by atoms with van der Waals surface area (Å²) in [4.78, 5) is 43.6. The zero-order valence-electron chi connectivity index (χ0n) is 22.7. The number of nitrogens with two attached hydrogens (primary N) is 1. The molecule has 11 nitrogen and oxygen atoms in total. The van der Waals surface area contributed by atoms with Crippen LogP contribution in [0.25, 0.3) is 0 Å². The first-order valence-electron chi connectivity index (χ1n) is 13.4. The molecule has 0 spiro atoms. The van der Waals surface area contributed by atoms with Crippen molar-refractivity contribution in [2.75, 3.05) is 13.6 Å². The number of fused-ring (bicyclic) bond motifs is 2. The van der Waals surface area contributed by atoms with Crippen LogP contribution in [0.1, 0.15) is 77.8 Å². The molecule has 208 valence electrons. The standard InChI is InChI=1S/C25H43FN8O3/c1-16(2)21(22(35)30-17(3)9-7-6-8-12-28-27)32(5)23(36)25(26)13-19-10-11-20(14-25)33(19)24(37)34-29-15-18(4)31-34/h15-17,19-21,28H,6-14,27H2,1-5H3,(H,30,35). The van der Waals surface area contributed by atoms with Crippen molar-refractivity contribution in [3.05, 3.63) is 11.9 Å². The number of hydrogen-bond acceptors (Lipinski definition) is 7. The zero-order valence-corrected chi connectivity index (χ0v) is 22.7. The topological polar surface area (TPSA) is 138 Å². The second-order valence-corrected chi connectivity index (χ2v) is 11.0. The molecule has 3 amide bonds. The molecular formula is C25H43FN8O3. The van der Waals surface area contributed by atoms with E-state index in [9.17, 15) is 14.4 Å². The van der Waals surface area contributed by atoms with Gasteiger partial charge < -0.3 is 15.1 Å². The molecule has 2 aliphatic heterocycles. The Hall–Kier alpha value is -2.60. The fourth-order valence-corrected chi connectivity index (χ4v) is 5.84. The van der Waals surface area contributed by atoms with Crippen LogP contribution in [-0.4, -0.2) is 86.1 Å². The molecule has 0 saturated carbocycles. The molecular weight excluding hydrogens is 479 g/mol. The smallest absolute Gasteiger partial charge is 0.352 e. The Morgan fingerprint density at radius 3 is 2.38 bits per heavy atom. The van der Waals surface area contributed by atoms with Crippen molar-refractivity contribution in [3.63, 3.8) is 0 Å². The SMILES string of the molecule is Cc1cnn(C(=O)N2C3CCC2CC(F)(C(=O)N(C)C(C(=O)NC(C)CCCCCNN)C(C)C)C3)n1. The number of carbonyl (C=O) groups excluding carboxylic acids is 3. The summed E-state index contributed by atoms with van der Waals surface area (Å²) in [6.45, 7) is 8.14. The molecule has 2 fully saturated rings. The van der Waals surface area contributed by atoms with Gasteiger partial charge in [0.05, 0.1) is 11.9 Å². The molecule has 4 atom stereocenters. The summed E-state index contributed by atoms with van der Waals surface area (Å²) in [5.74, 6) is 4.12. The van der Waals surface area contributed by atoms with Crippen molar-refractivity contribution < 1.29 is 18.8 Å². The van der Waals surface area contributed by atoms with E-state index in [-0.39, 0.29) is 30.7 Å². The van der Waals surface area contributed by atoms with Crippen molar-refractivity contribution >= 4 is 17.8 Å². The molecule has 2 bridgehead atoms. The van der Waals surface area contributed by atoms with E-state index in [4.69, 9.17) is 5.84 Å². The molecule has 0 aromatic carbocycles. The summed E-state index contributed by atoms with van der Waals surface area (Å²) >= 11 is 0. The summed E-state index contributed by atoms with van der Waals surface area (Å²) < 4.78 is 16.3. The van der Waals surface area contributed by atoms with Crippen LogP contribution in [0.5, 0.6) is 0 Å². The van der Waals surface area contributed by atoms with Gasteiger partial charge in [0, 0.05) is 44.6 Å². The van der Waals surface area contributed by atoms with Gasteiger partial charge in [-0.1, -0.05) is 31.5 Å². The largest absolute Gasteiger partial charge is 0.362 e. The molecule has 4 unspecified atom stereocenters. The molecule has 2 saturated heterocycles. The second kappa shape index (κ2) is 12.3. The Morgan fingerprint density at radius 2 is 1.84 bits per heavy atom. The maximum absolute atomic E-state index is 16.3. The maximum Gasteiger partial charge on any atom is 0.362 e. The van der Waals surface area contributed by atoms with Gasteiger partial charge in [0.15, 0.2) is 5.67 Å². The Kier molecular flexibility index (Phi) is 9.63. The van der Waals surface area contributed by atoms with E-state index in [2.05, 4.69) is 20.9 Å². The van der Waals surface area contributed by atoms with E-state index in [1.54, 1.807) is 11.8 Å². The fraction of sp³-hybridized carbons (Fsp3) is 0.800. The van der Waals surface area contributed by atoms with Gasteiger partial charge in [-0.05, 0) is 45.4 Å². The lowest BCUT2D eigenvalue weighted by atomic mass is 9.85. The summed E-state index contributed by atoms with van der Waals surface area (Å²) in [7, 11) is 1.51. The number of unbranched alkanes of at least 4 members (excludes halogenated alkanes) is 2. The molecule has 1 aromatic heterocycles. The van der Waals surface area contributed by atoms with E-state index in [1.165, 1.54) is 18.1 Å². The molecule has 4 N–H and O–H groups in total. The van der Waals surface area contributed by atoms with Crippen LogP contribution < -0.4 is 16.6 Å². The van der Waals surface area contributed by atoms with Gasteiger partial charge in [-0.25, -0.2) is 9.18 Å². The summed E-state index contributed by atoms with van der Waals surface area (Å²) in [5.41, 5.74) is 1.11. The molecule has 1 aromatic rings. The Morgan fingerprint density at radius 1 is 1.19 bits per heavy atom. The minimum absolute atomic E-state index is 0.0629. The van der Waals surface area contributed by atoms with Crippen LogP contribution in [0.4, 0.5) is 9.18 Å². The van der Waals surface area contributed by atoms with Crippen LogP contribution in [0.2, 0.25) is 0 Å². The van der Waals surface area contributed by atoms with E-state index in [0.717, 1.165) is 37.0 Å². The van der Waals surface area contributed by atoms with Gasteiger partial charge in [0.2, 0.25) is 5.91 Å². The number of hydrogen-bond donors (Lipinski definition) is 3. The van der Waals surface area contributed by atoms with Crippen LogP contribution in [0.3, 0.4) is 0 Å². The van der Waals surface area contributed by atoms with E-state index < -0.39 is 35.7 Å². The molecule has 3 rings (SSSR count). The lowest BCUT2D eigenvalue weighted by Gasteiger charge is -2.43. The zero-order chi connectivity index (χ0) is 27.3. The van der Waals surface area contributed by atoms with Gasteiger partial charge >= 0.3 is 6.03 Å². The number of rotatable bonds is 11. The molecule has 0 radical (unpaired) electrons. The Bertz CT molecular complexity index is 940. The molecule has 3 heterocycles. The minimum Gasteiger partial charge on any atom is -0.352 e. The van der Waals surface area contributed by atoms with Gasteiger partial charge in [0.1, 0.15) is 6.04 Å². The predicted octanol–water partition coefficient (Wildman–Crippen LogP) is 1.90. The third-order valence-electron chi connectivity index (χ3n) is 7.60. The van der Waals surface area contributed by atoms with Crippen LogP contribution >= 0.6 is 0 Å². The first kappa shape index (κ1) is 29.0. The number of halogens is 1. The van der Waals surface area contributed by atoms with E-state index in [1.807, 2.05) is 20.8 Å². The molecule has 2 aliphatic rings. The lowest BCUT2D eigenvalue weighted by Crippen LogP contribution is -2.61. The second-order valence-electron chi connectivity index (χ2n) is 11.0. The number of nitrogens with one attached hydrogen (secondary N) is 2. The van der Waals surface area contributed by atoms with Crippen molar-refractivity contribution in [1.29, 1.82) is 0 Å². The number of alkyl halides is 1. The number of piperidine rings is 1. The highest BCUT2D eigenvalue weighted by atomic mass is 19.1. The number of likely N-dealkylation sites (N-methyl/N-ethyl adjacent to an activating group) is 1. The van der Waals surface area contributed by atoms with Crippen LogP contribution in [-0.2, 0) is 9.59 Å². The highest BCUT2D eigenvalue weighted by molar-refractivity contribution is 5.92. The Labute approximate surface area is 218 Å². The molecule has 37 heavy (non-hydrogen) atoms. The first-order valence-corrected chi connectivity index (χ1v) is 13.4. The van der Waals surface area contributed by atoms with E-state index >= 15 is 4.39 Å². The average Bonchev–Trinajstić information content (AvgIpc) is 3.38. The molecule has 0 aliphatic carbocycles. The normalized spacial score (nSPS) is 24.7. The minimum atomic E-state index is -2.14. The third-order valence-corrected chi connectivity index (χ3v) is 7.60. The Balaban J connectivity index is 1.63. The summed E-state index contributed by atoms with van der Waals surface area (Å²) in [5, 5.41) is 11.1. The van der Waals surface area contributed by atoms with Crippen molar-refractivity contribution in [3.8, 4) is 0 Å². The molecule has 12 heteroatoms. The predicted molar refractivity (Wildman–Crippen MR) is 137 cm³/mol. The highest BCUT2D eigenvalue weighted by Crippen LogP contribution is 2.44. The quantitative estimate of drug-likeness (QED) is 0.229. The van der Waals surface area contributed by atoms with E-state index in [0.29, 0.717) is 18.5 Å². The lowest BCUT2D eigenvalue weighted by molar-refractivity contribution is -0.154. The fourth-order valence-electron chi connectivity index (χ4n) is 5.84. The number of hydrazine groups is 1. The number of carbonyl (C=O) groups is 3. The maximum atomic E-state index is 16.3. The van der Waals surface area contributed by atoms with Crippen LogP contribution in [0, 0.1) is 12.8 Å². The number of amides is 3. The monoisotopic (exact) mass is 522 g/mol. The number of aromatic nitrogens is 3. The van der Waals surface area contributed by atoms with Crippen molar-refractivity contribution in [2.24, 2.45) is 11.8 Å². The van der Waals surface area contributed by atoms with Crippen molar-refractivity contribution in [2.45, 2.75) is 109 Å². The first-order chi connectivity index (χ1) is 17.5. The van der Waals surface area contributed by atoms with Crippen molar-refractivity contribution in [1.82, 2.24) is 35.5 Å². The van der Waals surface area contributed by atoms with Crippen LogP contribution in [0.15, 0.2) is 6.20 Å². The van der Waals surface area contributed by atoms with Gasteiger partial charge in [-0.2, -0.15) is 5.10 Å².